The Balaban J connectivity index is 2.99. The molecular formula is C8H9BN2O2S. The fourth-order valence-electron chi connectivity index (χ4n) is 0.870. The van der Waals surface area contributed by atoms with Gasteiger partial charge in [-0.1, -0.05) is 17.7 Å². The third-order valence-corrected chi connectivity index (χ3v) is 2.82. The molecule has 0 spiro atoms. The average Bonchev–Trinajstić information content (AvgIpc) is 2.16. The monoisotopic (exact) mass is 208 g/mol. The van der Waals surface area contributed by atoms with Crippen LogP contribution in [0.3, 0.4) is 0 Å². The van der Waals surface area contributed by atoms with Crippen LogP contribution in [0.2, 0.25) is 0 Å². The summed E-state index contributed by atoms with van der Waals surface area (Å²) in [6.45, 7) is 1.88. The molecule has 0 unspecified atom stereocenters. The second kappa shape index (κ2) is 4.28. The van der Waals surface area contributed by atoms with Crippen LogP contribution in [-0.4, -0.2) is 22.4 Å². The van der Waals surface area contributed by atoms with Gasteiger partial charge in [0.1, 0.15) is 7.85 Å². The zero-order valence-corrected chi connectivity index (χ0v) is 8.45. The molecule has 0 bridgehead atoms. The molecule has 0 aliphatic heterocycles. The highest BCUT2D eigenvalue weighted by Crippen LogP contribution is 2.09. The predicted molar refractivity (Wildman–Crippen MR) is 55.7 cm³/mol. The fraction of sp³-hybridized carbons (Fsp3) is 0.125. The van der Waals surface area contributed by atoms with Gasteiger partial charge in [-0.25, -0.2) is 4.83 Å². The minimum Gasteiger partial charge on any atom is -0.201 e. The molecule has 1 N–H and O–H groups in total. The predicted octanol–water partition coefficient (Wildman–Crippen LogP) is 0.385. The van der Waals surface area contributed by atoms with Crippen molar-refractivity contribution in [1.29, 1.82) is 0 Å². The first-order valence-corrected chi connectivity index (χ1v) is 5.36. The van der Waals surface area contributed by atoms with Crippen LogP contribution in [-0.2, 0) is 10.0 Å². The van der Waals surface area contributed by atoms with E-state index in [-0.39, 0.29) is 4.90 Å². The number of hydrazone groups is 1. The molecule has 0 saturated heterocycles. The maximum atomic E-state index is 11.4. The van der Waals surface area contributed by atoms with Crippen molar-refractivity contribution in [3.05, 3.63) is 29.8 Å². The maximum absolute atomic E-state index is 11.4. The van der Waals surface area contributed by atoms with Crippen LogP contribution in [0.25, 0.3) is 0 Å². The van der Waals surface area contributed by atoms with Crippen molar-refractivity contribution in [2.24, 2.45) is 5.10 Å². The van der Waals surface area contributed by atoms with Crippen LogP contribution in [0.4, 0.5) is 0 Å². The van der Waals surface area contributed by atoms with Crippen LogP contribution in [0.5, 0.6) is 0 Å². The largest absolute Gasteiger partial charge is 0.276 e. The lowest BCUT2D eigenvalue weighted by Gasteiger charge is -2.02. The van der Waals surface area contributed by atoms with Gasteiger partial charge in [-0.2, -0.15) is 13.5 Å². The lowest BCUT2D eigenvalue weighted by atomic mass is 10.2. The summed E-state index contributed by atoms with van der Waals surface area (Å²) in [4.78, 5) is 2.12. The Morgan fingerprint density at radius 3 is 2.43 bits per heavy atom. The molecule has 1 aromatic carbocycles. The number of hydrogen-bond donors (Lipinski definition) is 1. The summed E-state index contributed by atoms with van der Waals surface area (Å²) in [5.41, 5.74) is 0.992. The number of benzene rings is 1. The Hall–Kier alpha value is -1.30. The zero-order valence-electron chi connectivity index (χ0n) is 7.64. The molecule has 0 aliphatic carbocycles. The van der Waals surface area contributed by atoms with E-state index in [2.05, 4.69) is 5.10 Å². The van der Waals surface area contributed by atoms with E-state index in [1.807, 2.05) is 11.8 Å². The van der Waals surface area contributed by atoms with E-state index < -0.39 is 10.0 Å². The summed E-state index contributed by atoms with van der Waals surface area (Å²) in [6, 6.07) is 6.43. The van der Waals surface area contributed by atoms with Gasteiger partial charge in [0, 0.05) is 0 Å². The van der Waals surface area contributed by atoms with Gasteiger partial charge in [-0.05, 0) is 25.2 Å². The second-order valence-corrected chi connectivity index (χ2v) is 4.35. The molecule has 0 fully saturated rings. The number of aryl methyl sites for hydroxylation is 1. The molecule has 72 valence electrons. The van der Waals surface area contributed by atoms with Crippen molar-refractivity contribution in [2.75, 3.05) is 0 Å². The first-order valence-electron chi connectivity index (χ1n) is 3.88. The Bertz CT molecular complexity index is 425. The Morgan fingerprint density at radius 2 is 1.93 bits per heavy atom. The van der Waals surface area contributed by atoms with Gasteiger partial charge in [0.15, 0.2) is 0 Å². The lowest BCUT2D eigenvalue weighted by Crippen LogP contribution is -2.18. The highest BCUT2D eigenvalue weighted by atomic mass is 32.2. The third-order valence-electron chi connectivity index (χ3n) is 1.58. The topological polar surface area (TPSA) is 58.5 Å². The van der Waals surface area contributed by atoms with Crippen molar-refractivity contribution < 1.29 is 8.42 Å². The van der Waals surface area contributed by atoms with E-state index >= 15 is 0 Å². The van der Waals surface area contributed by atoms with E-state index in [0.717, 1.165) is 11.7 Å². The van der Waals surface area contributed by atoms with Gasteiger partial charge in [0.05, 0.1) is 4.90 Å². The molecule has 2 radical (unpaired) electrons. The normalized spacial score (nSPS) is 11.8. The van der Waals surface area contributed by atoms with Crippen LogP contribution in [0, 0.1) is 6.92 Å². The van der Waals surface area contributed by atoms with Crippen molar-refractivity contribution in [2.45, 2.75) is 11.8 Å². The molecule has 1 rings (SSSR count). The van der Waals surface area contributed by atoms with Crippen LogP contribution >= 0.6 is 0 Å². The summed E-state index contributed by atoms with van der Waals surface area (Å²) in [5.74, 6) is 0. The molecular weight excluding hydrogens is 199 g/mol. The van der Waals surface area contributed by atoms with E-state index in [1.165, 1.54) is 12.1 Å². The molecule has 0 aromatic heterocycles. The van der Waals surface area contributed by atoms with Crippen LogP contribution < -0.4 is 4.83 Å². The van der Waals surface area contributed by atoms with Gasteiger partial charge in [-0.15, -0.1) is 0 Å². The Labute approximate surface area is 84.5 Å². The van der Waals surface area contributed by atoms with Crippen molar-refractivity contribution >= 4 is 24.0 Å². The Morgan fingerprint density at radius 1 is 1.36 bits per heavy atom. The van der Waals surface area contributed by atoms with Crippen molar-refractivity contribution in [3.8, 4) is 0 Å². The zero-order chi connectivity index (χ0) is 10.6. The average molecular weight is 208 g/mol. The molecule has 0 aliphatic rings. The standard InChI is InChI=1S/C8H9BN2O2S/c1-7-2-4-8(5-3-7)14(12,13)11-10-6-9/h2-6,11H,1H3/b10-6+. The summed E-state index contributed by atoms with van der Waals surface area (Å²) >= 11 is 0. The lowest BCUT2D eigenvalue weighted by molar-refractivity contribution is 0.585. The minimum atomic E-state index is -3.57. The number of rotatable bonds is 3. The second-order valence-electron chi connectivity index (χ2n) is 2.69. The third kappa shape index (κ3) is 2.60. The first-order chi connectivity index (χ1) is 6.56. The molecule has 14 heavy (non-hydrogen) atoms. The molecule has 4 nitrogen and oxygen atoms in total. The smallest absolute Gasteiger partial charge is 0.201 e. The van der Waals surface area contributed by atoms with Gasteiger partial charge >= 0.3 is 0 Å². The van der Waals surface area contributed by atoms with Gasteiger partial charge in [0.25, 0.3) is 10.0 Å². The van der Waals surface area contributed by atoms with Crippen molar-refractivity contribution in [1.82, 2.24) is 4.83 Å². The van der Waals surface area contributed by atoms with E-state index in [9.17, 15) is 8.42 Å². The molecule has 0 saturated carbocycles. The number of hydrogen-bond acceptors (Lipinski definition) is 3. The maximum Gasteiger partial charge on any atom is 0.276 e. The summed E-state index contributed by atoms with van der Waals surface area (Å²) in [7, 11) is 1.35. The van der Waals surface area contributed by atoms with Crippen LogP contribution in [0.15, 0.2) is 34.3 Å². The van der Waals surface area contributed by atoms with Crippen LogP contribution in [0.1, 0.15) is 5.56 Å². The van der Waals surface area contributed by atoms with Gasteiger partial charge < -0.3 is 0 Å². The number of sulfonamides is 1. The number of nitrogens with one attached hydrogen (secondary N) is 1. The van der Waals surface area contributed by atoms with Gasteiger partial charge in [0.2, 0.25) is 0 Å². The van der Waals surface area contributed by atoms with E-state index in [0.29, 0.717) is 0 Å². The van der Waals surface area contributed by atoms with Gasteiger partial charge in [-0.3, -0.25) is 0 Å². The molecule has 0 amide bonds. The summed E-state index contributed by atoms with van der Waals surface area (Å²) in [6.07, 6.45) is 0.881. The molecule has 1 aromatic rings. The minimum absolute atomic E-state index is 0.161. The summed E-state index contributed by atoms with van der Waals surface area (Å²) < 4.78 is 22.8. The molecule has 0 atom stereocenters. The SMILES string of the molecule is [B]/C=N/NS(=O)(=O)c1ccc(C)cc1. The fourth-order valence-corrected chi connectivity index (χ4v) is 1.67. The van der Waals surface area contributed by atoms with Crippen molar-refractivity contribution in [3.63, 3.8) is 0 Å². The highest BCUT2D eigenvalue weighted by molar-refractivity contribution is 7.89. The highest BCUT2D eigenvalue weighted by Gasteiger charge is 2.11. The first kappa shape index (κ1) is 10.8. The molecule has 6 heteroatoms. The quantitative estimate of drug-likeness (QED) is 0.443. The van der Waals surface area contributed by atoms with E-state index in [4.69, 9.17) is 7.85 Å². The molecule has 0 heterocycles. The van der Waals surface area contributed by atoms with E-state index in [1.54, 1.807) is 12.1 Å². The Kier molecular flexibility index (Phi) is 3.30. The summed E-state index contributed by atoms with van der Waals surface area (Å²) in [5, 5.41) is 3.26. The number of nitrogens with zero attached hydrogens (tertiary/aromatic N) is 1.